The molecule has 1 fully saturated rings. The Hall–Kier alpha value is -1.35. The minimum atomic E-state index is 0.639. The molecule has 100 valence electrons. The summed E-state index contributed by atoms with van der Waals surface area (Å²) in [5.74, 6) is 0.639. The molecule has 0 bridgehead atoms. The van der Waals surface area contributed by atoms with Gasteiger partial charge in [0.05, 0.1) is 5.01 Å². The smallest absolute Gasteiger partial charge is 0.114 e. The van der Waals surface area contributed by atoms with Gasteiger partial charge in [-0.2, -0.15) is 0 Å². The van der Waals surface area contributed by atoms with Gasteiger partial charge in [-0.3, -0.25) is 0 Å². The van der Waals surface area contributed by atoms with E-state index in [1.807, 2.05) is 0 Å². The van der Waals surface area contributed by atoms with E-state index in [1.54, 1.807) is 11.3 Å². The zero-order chi connectivity index (χ0) is 13.2. The predicted molar refractivity (Wildman–Crippen MR) is 82.5 cm³/mol. The number of thiazole rings is 1. The van der Waals surface area contributed by atoms with Crippen LogP contribution in [0.5, 0.6) is 0 Å². The van der Waals surface area contributed by atoms with Crippen LogP contribution in [0.25, 0.3) is 11.3 Å². The molecule has 1 aliphatic carbocycles. The molecule has 1 aromatic heterocycles. The van der Waals surface area contributed by atoms with Crippen molar-refractivity contribution in [2.75, 3.05) is 5.73 Å². The number of nitrogens with two attached hydrogens (primary N) is 1. The summed E-state index contributed by atoms with van der Waals surface area (Å²) in [6.45, 7) is 2.11. The second kappa shape index (κ2) is 5.33. The van der Waals surface area contributed by atoms with Gasteiger partial charge in [0.25, 0.3) is 0 Å². The molecule has 0 spiro atoms. The Morgan fingerprint density at radius 3 is 2.74 bits per heavy atom. The first-order valence-electron chi connectivity index (χ1n) is 7.07. The first-order valence-corrected chi connectivity index (χ1v) is 7.89. The van der Waals surface area contributed by atoms with Gasteiger partial charge in [-0.25, -0.2) is 4.98 Å². The fourth-order valence-corrected chi connectivity index (χ4v) is 3.90. The third-order valence-corrected chi connectivity index (χ3v) is 4.96. The normalized spacial score (nSPS) is 16.7. The van der Waals surface area contributed by atoms with E-state index in [1.165, 1.54) is 42.7 Å². The molecule has 1 heterocycles. The highest BCUT2D eigenvalue weighted by atomic mass is 32.1. The van der Waals surface area contributed by atoms with E-state index in [0.29, 0.717) is 5.92 Å². The van der Waals surface area contributed by atoms with Crippen LogP contribution in [0.1, 0.15) is 48.6 Å². The van der Waals surface area contributed by atoms with Gasteiger partial charge in [0, 0.05) is 11.5 Å². The van der Waals surface area contributed by atoms with Crippen LogP contribution < -0.4 is 5.73 Å². The highest BCUT2D eigenvalue weighted by Crippen LogP contribution is 2.39. The molecular formula is C16H20N2S. The Morgan fingerprint density at radius 1 is 1.21 bits per heavy atom. The Bertz CT molecular complexity index is 568. The predicted octanol–water partition coefficient (Wildman–Crippen LogP) is 4.75. The lowest BCUT2D eigenvalue weighted by atomic mass is 9.90. The summed E-state index contributed by atoms with van der Waals surface area (Å²) in [5, 5.41) is 2.11. The van der Waals surface area contributed by atoms with Gasteiger partial charge in [0.1, 0.15) is 10.7 Å². The summed E-state index contributed by atoms with van der Waals surface area (Å²) >= 11 is 1.69. The van der Waals surface area contributed by atoms with Crippen molar-refractivity contribution < 1.29 is 0 Å². The van der Waals surface area contributed by atoms with E-state index < -0.39 is 0 Å². The molecule has 0 saturated heterocycles. The quantitative estimate of drug-likeness (QED) is 0.857. The van der Waals surface area contributed by atoms with Crippen molar-refractivity contribution in [2.45, 2.75) is 44.9 Å². The number of rotatable bonds is 2. The molecule has 2 aromatic rings. The van der Waals surface area contributed by atoms with E-state index in [2.05, 4.69) is 31.2 Å². The average molecular weight is 272 g/mol. The summed E-state index contributed by atoms with van der Waals surface area (Å²) in [6.07, 6.45) is 6.61. The number of nitrogen functional groups attached to an aromatic ring is 1. The van der Waals surface area contributed by atoms with Gasteiger partial charge in [-0.15, -0.1) is 11.3 Å². The molecule has 2 nitrogen and oxygen atoms in total. The summed E-state index contributed by atoms with van der Waals surface area (Å²) in [7, 11) is 0. The fraction of sp³-hybridized carbons (Fsp3) is 0.438. The van der Waals surface area contributed by atoms with Gasteiger partial charge in [-0.1, -0.05) is 43.0 Å². The van der Waals surface area contributed by atoms with Crippen LogP contribution in [0, 0.1) is 6.92 Å². The SMILES string of the molecule is Cc1cccc(-c2nc(C3CCCCC3)sc2N)c1. The van der Waals surface area contributed by atoms with Crippen LogP contribution in [-0.4, -0.2) is 4.98 Å². The maximum absolute atomic E-state index is 6.19. The highest BCUT2D eigenvalue weighted by molar-refractivity contribution is 7.16. The van der Waals surface area contributed by atoms with Crippen LogP contribution in [-0.2, 0) is 0 Å². The van der Waals surface area contributed by atoms with E-state index in [9.17, 15) is 0 Å². The number of hydrogen-bond acceptors (Lipinski definition) is 3. The van der Waals surface area contributed by atoms with Crippen molar-refractivity contribution in [3.05, 3.63) is 34.8 Å². The zero-order valence-corrected chi connectivity index (χ0v) is 12.2. The van der Waals surface area contributed by atoms with E-state index in [0.717, 1.165) is 16.3 Å². The summed E-state index contributed by atoms with van der Waals surface area (Å²) < 4.78 is 0. The minimum absolute atomic E-state index is 0.639. The standard InChI is InChI=1S/C16H20N2S/c1-11-6-5-9-13(10-11)14-15(17)19-16(18-14)12-7-3-2-4-8-12/h5-6,9-10,12H,2-4,7-8,17H2,1H3. The Balaban J connectivity index is 1.92. The Morgan fingerprint density at radius 2 is 2.00 bits per heavy atom. The minimum Gasteiger partial charge on any atom is -0.389 e. The van der Waals surface area contributed by atoms with E-state index in [-0.39, 0.29) is 0 Å². The van der Waals surface area contributed by atoms with Crippen LogP contribution in [0.3, 0.4) is 0 Å². The number of anilines is 1. The molecule has 3 heteroatoms. The molecule has 1 aromatic carbocycles. The highest BCUT2D eigenvalue weighted by Gasteiger charge is 2.21. The van der Waals surface area contributed by atoms with Crippen molar-refractivity contribution >= 4 is 16.3 Å². The molecule has 0 radical (unpaired) electrons. The average Bonchev–Trinajstić information content (AvgIpc) is 2.82. The molecular weight excluding hydrogens is 252 g/mol. The Kier molecular flexibility index (Phi) is 3.56. The lowest BCUT2D eigenvalue weighted by molar-refractivity contribution is 0.442. The van der Waals surface area contributed by atoms with Crippen molar-refractivity contribution in [3.8, 4) is 11.3 Å². The first-order chi connectivity index (χ1) is 9.24. The van der Waals surface area contributed by atoms with Crippen molar-refractivity contribution in [1.29, 1.82) is 0 Å². The molecule has 0 unspecified atom stereocenters. The monoisotopic (exact) mass is 272 g/mol. The lowest BCUT2D eigenvalue weighted by Crippen LogP contribution is -2.03. The molecule has 0 amide bonds. The largest absolute Gasteiger partial charge is 0.389 e. The summed E-state index contributed by atoms with van der Waals surface area (Å²) in [5.41, 5.74) is 9.57. The van der Waals surface area contributed by atoms with E-state index in [4.69, 9.17) is 10.7 Å². The van der Waals surface area contributed by atoms with E-state index >= 15 is 0 Å². The van der Waals surface area contributed by atoms with Gasteiger partial charge >= 0.3 is 0 Å². The van der Waals surface area contributed by atoms with Crippen LogP contribution in [0.15, 0.2) is 24.3 Å². The van der Waals surface area contributed by atoms with Gasteiger partial charge in [-0.05, 0) is 25.8 Å². The second-order valence-corrected chi connectivity index (χ2v) is 6.53. The number of hydrogen-bond donors (Lipinski definition) is 1. The van der Waals surface area contributed by atoms with Crippen molar-refractivity contribution in [3.63, 3.8) is 0 Å². The maximum Gasteiger partial charge on any atom is 0.114 e. The number of benzene rings is 1. The second-order valence-electron chi connectivity index (χ2n) is 5.47. The van der Waals surface area contributed by atoms with Crippen LogP contribution in [0.2, 0.25) is 0 Å². The molecule has 1 aliphatic rings. The summed E-state index contributed by atoms with van der Waals surface area (Å²) in [4.78, 5) is 4.84. The molecule has 0 atom stereocenters. The van der Waals surface area contributed by atoms with Gasteiger partial charge in [0.15, 0.2) is 0 Å². The molecule has 2 N–H and O–H groups in total. The number of aryl methyl sites for hydroxylation is 1. The maximum atomic E-state index is 6.19. The number of aromatic nitrogens is 1. The van der Waals surface area contributed by atoms with Crippen molar-refractivity contribution in [1.82, 2.24) is 4.98 Å². The summed E-state index contributed by atoms with van der Waals surface area (Å²) in [6, 6.07) is 8.44. The lowest BCUT2D eigenvalue weighted by Gasteiger charge is -2.18. The van der Waals surface area contributed by atoms with Gasteiger partial charge in [0.2, 0.25) is 0 Å². The molecule has 3 rings (SSSR count). The fourth-order valence-electron chi connectivity index (χ4n) is 2.87. The van der Waals surface area contributed by atoms with Gasteiger partial charge < -0.3 is 5.73 Å². The number of nitrogens with zero attached hydrogens (tertiary/aromatic N) is 1. The Labute approximate surface area is 118 Å². The molecule has 19 heavy (non-hydrogen) atoms. The molecule has 1 saturated carbocycles. The van der Waals surface area contributed by atoms with Crippen LogP contribution >= 0.6 is 11.3 Å². The zero-order valence-electron chi connectivity index (χ0n) is 11.4. The molecule has 0 aliphatic heterocycles. The van der Waals surface area contributed by atoms with Crippen LogP contribution in [0.4, 0.5) is 5.00 Å². The topological polar surface area (TPSA) is 38.9 Å². The first kappa shape index (κ1) is 12.7. The van der Waals surface area contributed by atoms with Crippen molar-refractivity contribution in [2.24, 2.45) is 0 Å². The third kappa shape index (κ3) is 2.66. The third-order valence-electron chi connectivity index (χ3n) is 3.92.